The Labute approximate surface area is 110 Å². The number of Topliss-reactive ketones (excluding diaryl/α,β-unsaturated/α-hetero) is 1. The maximum absolute atomic E-state index is 11.7. The van der Waals surface area contributed by atoms with Gasteiger partial charge in [0, 0.05) is 10.0 Å². The van der Waals surface area contributed by atoms with Crippen LogP contribution in [-0.2, 0) is 4.74 Å². The average molecular weight is 350 g/mol. The van der Waals surface area contributed by atoms with Crippen molar-refractivity contribution in [1.82, 2.24) is 0 Å². The van der Waals surface area contributed by atoms with Crippen LogP contribution in [0.3, 0.4) is 0 Å². The monoisotopic (exact) mass is 348 g/mol. The van der Waals surface area contributed by atoms with E-state index in [-0.39, 0.29) is 10.6 Å². The number of hydrogen-bond donors (Lipinski definition) is 0. The summed E-state index contributed by atoms with van der Waals surface area (Å²) in [5.74, 6) is -0.463. The molecule has 1 unspecified atom stereocenters. The third kappa shape index (κ3) is 2.92. The molecule has 86 valence electrons. The minimum absolute atomic E-state index is 0.0386. The predicted octanol–water partition coefficient (Wildman–Crippen LogP) is 3.20. The van der Waals surface area contributed by atoms with Crippen LogP contribution in [0.5, 0.6) is 0 Å². The summed E-state index contributed by atoms with van der Waals surface area (Å²) in [6, 6.07) is 4.75. The second kappa shape index (κ2) is 5.59. The quantitative estimate of drug-likeness (QED) is 0.478. The Morgan fingerprint density at radius 2 is 2.00 bits per heavy atom. The smallest absolute Gasteiger partial charge is 0.337 e. The second-order valence-corrected chi connectivity index (χ2v) is 5.39. The Morgan fingerprint density at radius 3 is 2.44 bits per heavy atom. The maximum Gasteiger partial charge on any atom is 0.337 e. The molecule has 0 amide bonds. The number of rotatable bonds is 3. The van der Waals surface area contributed by atoms with Crippen molar-refractivity contribution in [3.63, 3.8) is 0 Å². The molecule has 0 radical (unpaired) electrons. The summed E-state index contributed by atoms with van der Waals surface area (Å²) in [7, 11) is 1.32. The van der Waals surface area contributed by atoms with Crippen molar-refractivity contribution in [3.8, 4) is 0 Å². The first-order chi connectivity index (χ1) is 7.47. The van der Waals surface area contributed by atoms with Gasteiger partial charge < -0.3 is 4.74 Å². The van der Waals surface area contributed by atoms with E-state index < -0.39 is 5.97 Å². The first-order valence-corrected chi connectivity index (χ1v) is 6.24. The van der Waals surface area contributed by atoms with E-state index in [1.165, 1.54) is 7.11 Å². The average Bonchev–Trinajstić information content (AvgIpc) is 2.26. The lowest BCUT2D eigenvalue weighted by molar-refractivity contribution is 0.0600. The van der Waals surface area contributed by atoms with Gasteiger partial charge in [0.1, 0.15) is 0 Å². The number of ether oxygens (including phenoxy) is 1. The summed E-state index contributed by atoms with van der Waals surface area (Å²) in [6.45, 7) is 1.75. The lowest BCUT2D eigenvalue weighted by atomic mass is 10.1. The minimum Gasteiger partial charge on any atom is -0.465 e. The van der Waals surface area contributed by atoms with Gasteiger partial charge in [-0.15, -0.1) is 0 Å². The van der Waals surface area contributed by atoms with Gasteiger partial charge in [-0.2, -0.15) is 0 Å². The molecule has 0 bridgehead atoms. The number of halogens is 2. The van der Waals surface area contributed by atoms with E-state index in [2.05, 4.69) is 36.6 Å². The van der Waals surface area contributed by atoms with Crippen molar-refractivity contribution in [3.05, 3.63) is 33.8 Å². The molecule has 1 atom stereocenters. The van der Waals surface area contributed by atoms with Crippen LogP contribution in [0.4, 0.5) is 0 Å². The molecule has 0 saturated heterocycles. The lowest BCUT2D eigenvalue weighted by Gasteiger charge is -2.07. The van der Waals surface area contributed by atoms with Crippen molar-refractivity contribution >= 4 is 43.6 Å². The number of esters is 1. The third-order valence-corrected chi connectivity index (χ3v) is 3.09. The van der Waals surface area contributed by atoms with Crippen LogP contribution in [0.15, 0.2) is 22.7 Å². The van der Waals surface area contributed by atoms with Crippen LogP contribution in [0.25, 0.3) is 0 Å². The Hall–Kier alpha value is -0.680. The molecule has 1 aromatic rings. The number of methoxy groups -OCH3 is 1. The Balaban J connectivity index is 3.10. The molecule has 16 heavy (non-hydrogen) atoms. The maximum atomic E-state index is 11.7. The molecule has 1 aromatic carbocycles. The summed E-state index contributed by atoms with van der Waals surface area (Å²) < 4.78 is 5.17. The SMILES string of the molecule is COC(=O)c1ccc(C(=O)C(C)Br)c(Br)c1. The zero-order valence-electron chi connectivity index (χ0n) is 8.79. The number of carbonyl (C=O) groups excluding carboxylic acids is 2. The van der Waals surface area contributed by atoms with E-state index in [1.807, 2.05) is 0 Å². The molecular weight excluding hydrogens is 340 g/mol. The molecular formula is C11H10Br2O3. The van der Waals surface area contributed by atoms with E-state index in [4.69, 9.17) is 0 Å². The fraction of sp³-hybridized carbons (Fsp3) is 0.273. The molecule has 0 fully saturated rings. The number of carbonyl (C=O) groups is 2. The van der Waals surface area contributed by atoms with Gasteiger partial charge in [0.05, 0.1) is 17.5 Å². The zero-order valence-corrected chi connectivity index (χ0v) is 12.0. The van der Waals surface area contributed by atoms with Crippen LogP contribution in [0, 0.1) is 0 Å². The summed E-state index contributed by atoms with van der Waals surface area (Å²) in [4.78, 5) is 22.7. The Kier molecular flexibility index (Phi) is 4.68. The predicted molar refractivity (Wildman–Crippen MR) is 68.2 cm³/mol. The normalized spacial score (nSPS) is 12.0. The molecule has 0 N–H and O–H groups in total. The fourth-order valence-electron chi connectivity index (χ4n) is 1.17. The first kappa shape index (κ1) is 13.4. The standard InChI is InChI=1S/C11H10Br2O3/c1-6(12)10(14)8-4-3-7(5-9(8)13)11(15)16-2/h3-6H,1-2H3. The zero-order chi connectivity index (χ0) is 12.3. The van der Waals surface area contributed by atoms with Crippen molar-refractivity contribution in [1.29, 1.82) is 0 Å². The van der Waals surface area contributed by atoms with E-state index >= 15 is 0 Å². The molecule has 0 aliphatic carbocycles. The molecule has 0 heterocycles. The van der Waals surface area contributed by atoms with Gasteiger partial charge >= 0.3 is 5.97 Å². The van der Waals surface area contributed by atoms with Crippen LogP contribution in [-0.4, -0.2) is 23.7 Å². The Bertz CT molecular complexity index is 427. The second-order valence-electron chi connectivity index (χ2n) is 3.17. The van der Waals surface area contributed by atoms with Gasteiger partial charge in [-0.05, 0) is 25.1 Å². The van der Waals surface area contributed by atoms with E-state index in [9.17, 15) is 9.59 Å². The van der Waals surface area contributed by atoms with Gasteiger partial charge in [0.2, 0.25) is 0 Å². The summed E-state index contributed by atoms with van der Waals surface area (Å²) >= 11 is 6.47. The minimum atomic E-state index is -0.424. The van der Waals surface area contributed by atoms with Crippen molar-refractivity contribution in [2.75, 3.05) is 7.11 Å². The van der Waals surface area contributed by atoms with Gasteiger partial charge in [-0.1, -0.05) is 31.9 Å². The number of alkyl halides is 1. The first-order valence-electron chi connectivity index (χ1n) is 4.53. The van der Waals surface area contributed by atoms with Crippen LogP contribution < -0.4 is 0 Å². The van der Waals surface area contributed by atoms with E-state index in [1.54, 1.807) is 25.1 Å². The van der Waals surface area contributed by atoms with Crippen molar-refractivity contribution < 1.29 is 14.3 Å². The molecule has 0 aliphatic heterocycles. The summed E-state index contributed by atoms with van der Waals surface area (Å²) in [6.07, 6.45) is 0. The van der Waals surface area contributed by atoms with Crippen LogP contribution in [0.2, 0.25) is 0 Å². The molecule has 0 spiro atoms. The number of benzene rings is 1. The molecule has 0 aliphatic rings. The third-order valence-electron chi connectivity index (χ3n) is 2.02. The van der Waals surface area contributed by atoms with E-state index in [0.29, 0.717) is 15.6 Å². The topological polar surface area (TPSA) is 43.4 Å². The highest BCUT2D eigenvalue weighted by molar-refractivity contribution is 9.10. The van der Waals surface area contributed by atoms with Crippen molar-refractivity contribution in [2.24, 2.45) is 0 Å². The van der Waals surface area contributed by atoms with Gasteiger partial charge in [-0.3, -0.25) is 4.79 Å². The molecule has 5 heteroatoms. The van der Waals surface area contributed by atoms with Gasteiger partial charge in [0.15, 0.2) is 5.78 Å². The molecule has 0 saturated carbocycles. The lowest BCUT2D eigenvalue weighted by Crippen LogP contribution is -2.11. The highest BCUT2D eigenvalue weighted by Crippen LogP contribution is 2.22. The number of ketones is 1. The van der Waals surface area contributed by atoms with E-state index in [0.717, 1.165) is 0 Å². The largest absolute Gasteiger partial charge is 0.465 e. The highest BCUT2D eigenvalue weighted by atomic mass is 79.9. The van der Waals surface area contributed by atoms with Crippen molar-refractivity contribution in [2.45, 2.75) is 11.8 Å². The molecule has 1 rings (SSSR count). The molecule has 0 aromatic heterocycles. The van der Waals surface area contributed by atoms with Crippen LogP contribution in [0.1, 0.15) is 27.6 Å². The number of hydrogen-bond acceptors (Lipinski definition) is 3. The molecule has 3 nitrogen and oxygen atoms in total. The Morgan fingerprint density at radius 1 is 1.38 bits per heavy atom. The highest BCUT2D eigenvalue weighted by Gasteiger charge is 2.16. The van der Waals surface area contributed by atoms with Crippen LogP contribution >= 0.6 is 31.9 Å². The fourth-order valence-corrected chi connectivity index (χ4v) is 1.99. The van der Waals surface area contributed by atoms with Gasteiger partial charge in [0.25, 0.3) is 0 Å². The van der Waals surface area contributed by atoms with Gasteiger partial charge in [-0.25, -0.2) is 4.79 Å². The summed E-state index contributed by atoms with van der Waals surface area (Å²) in [5.41, 5.74) is 0.949. The summed E-state index contributed by atoms with van der Waals surface area (Å²) in [5, 5.41) is 0.